The van der Waals surface area contributed by atoms with Crippen molar-refractivity contribution in [2.45, 2.75) is 19.4 Å². The second-order valence-electron chi connectivity index (χ2n) is 4.68. The van der Waals surface area contributed by atoms with Crippen molar-refractivity contribution in [3.8, 4) is 0 Å². The van der Waals surface area contributed by atoms with Crippen molar-refractivity contribution in [3.63, 3.8) is 0 Å². The van der Waals surface area contributed by atoms with Crippen LogP contribution in [0.25, 0.3) is 0 Å². The highest BCUT2D eigenvalue weighted by Gasteiger charge is 2.21. The van der Waals surface area contributed by atoms with Gasteiger partial charge in [0.1, 0.15) is 0 Å². The molecule has 0 aromatic heterocycles. The lowest BCUT2D eigenvalue weighted by Gasteiger charge is -2.35. The molecule has 0 radical (unpaired) electrons. The van der Waals surface area contributed by atoms with Crippen molar-refractivity contribution >= 4 is 0 Å². The molecule has 92 valence electrons. The second-order valence-corrected chi connectivity index (χ2v) is 4.68. The Hall–Kier alpha value is -1.12. The molecule has 1 saturated heterocycles. The quantitative estimate of drug-likeness (QED) is 0.800. The summed E-state index contributed by atoms with van der Waals surface area (Å²) in [5.41, 5.74) is 2.84. The first kappa shape index (κ1) is 12.3. The van der Waals surface area contributed by atoms with E-state index in [4.69, 9.17) is 0 Å². The van der Waals surface area contributed by atoms with E-state index < -0.39 is 0 Å². The van der Waals surface area contributed by atoms with Gasteiger partial charge >= 0.3 is 0 Å². The van der Waals surface area contributed by atoms with E-state index >= 15 is 0 Å². The Kier molecular flexibility index (Phi) is 4.35. The van der Waals surface area contributed by atoms with Gasteiger partial charge in [0.15, 0.2) is 0 Å². The molecule has 1 fully saturated rings. The Labute approximate surface area is 104 Å². The van der Waals surface area contributed by atoms with Crippen molar-refractivity contribution in [2.24, 2.45) is 0 Å². The molecule has 1 atom stereocenters. The van der Waals surface area contributed by atoms with Gasteiger partial charge in [-0.3, -0.25) is 4.90 Å². The van der Waals surface area contributed by atoms with Gasteiger partial charge in [-0.1, -0.05) is 30.3 Å². The zero-order valence-corrected chi connectivity index (χ0v) is 10.7. The van der Waals surface area contributed by atoms with E-state index in [0.29, 0.717) is 6.04 Å². The van der Waals surface area contributed by atoms with Gasteiger partial charge in [-0.25, -0.2) is 0 Å². The molecule has 17 heavy (non-hydrogen) atoms. The van der Waals surface area contributed by atoms with E-state index in [9.17, 15) is 0 Å². The molecule has 1 aliphatic rings. The number of benzene rings is 1. The third-order valence-electron chi connectivity index (χ3n) is 3.53. The van der Waals surface area contributed by atoms with Crippen LogP contribution >= 0.6 is 0 Å². The van der Waals surface area contributed by atoms with Gasteiger partial charge in [0, 0.05) is 32.2 Å². The van der Waals surface area contributed by atoms with Gasteiger partial charge in [0.2, 0.25) is 0 Å². The highest BCUT2D eigenvalue weighted by Crippen LogP contribution is 2.27. The van der Waals surface area contributed by atoms with Crippen LogP contribution in [0, 0.1) is 6.92 Å². The number of hydrogen-bond donors (Lipinski definition) is 1. The van der Waals surface area contributed by atoms with Gasteiger partial charge in [-0.15, -0.1) is 6.58 Å². The minimum Gasteiger partial charge on any atom is -0.314 e. The smallest absolute Gasteiger partial charge is 0.0386 e. The van der Waals surface area contributed by atoms with Crippen molar-refractivity contribution in [3.05, 3.63) is 48.0 Å². The summed E-state index contributed by atoms with van der Waals surface area (Å²) in [6.45, 7) is 10.6. The van der Waals surface area contributed by atoms with E-state index in [1.54, 1.807) is 0 Å². The standard InChI is InChI=1S/C15H22N2/c1-3-6-15(17-11-9-16-10-12-17)14-8-5-4-7-13(14)2/h3-5,7-8,15-16H,1,6,9-12H2,2H3/t15-/m1/s1. The largest absolute Gasteiger partial charge is 0.314 e. The lowest BCUT2D eigenvalue weighted by Crippen LogP contribution is -2.45. The Morgan fingerprint density at radius 3 is 2.71 bits per heavy atom. The normalized spacial score (nSPS) is 18.9. The maximum Gasteiger partial charge on any atom is 0.0386 e. The Balaban J connectivity index is 2.21. The van der Waals surface area contributed by atoms with Crippen molar-refractivity contribution in [1.82, 2.24) is 10.2 Å². The molecule has 1 N–H and O–H groups in total. The van der Waals surface area contributed by atoms with Gasteiger partial charge in [-0.2, -0.15) is 0 Å². The zero-order chi connectivity index (χ0) is 12.1. The highest BCUT2D eigenvalue weighted by atomic mass is 15.2. The monoisotopic (exact) mass is 230 g/mol. The molecule has 1 aromatic rings. The first-order valence-electron chi connectivity index (χ1n) is 6.44. The van der Waals surface area contributed by atoms with Crippen molar-refractivity contribution in [2.75, 3.05) is 26.2 Å². The van der Waals surface area contributed by atoms with Crippen LogP contribution in [-0.2, 0) is 0 Å². The van der Waals surface area contributed by atoms with E-state index in [1.165, 1.54) is 11.1 Å². The first-order chi connectivity index (χ1) is 8.33. The third kappa shape index (κ3) is 2.96. The molecule has 0 spiro atoms. The van der Waals surface area contributed by atoms with Gasteiger partial charge < -0.3 is 5.32 Å². The predicted octanol–water partition coefficient (Wildman–Crippen LogP) is 2.52. The highest BCUT2D eigenvalue weighted by molar-refractivity contribution is 5.29. The van der Waals surface area contributed by atoms with Crippen molar-refractivity contribution in [1.29, 1.82) is 0 Å². The maximum absolute atomic E-state index is 3.91. The number of nitrogens with one attached hydrogen (secondary N) is 1. The number of hydrogen-bond acceptors (Lipinski definition) is 2. The van der Waals surface area contributed by atoms with E-state index in [0.717, 1.165) is 32.6 Å². The molecule has 2 heteroatoms. The first-order valence-corrected chi connectivity index (χ1v) is 6.44. The third-order valence-corrected chi connectivity index (χ3v) is 3.53. The Morgan fingerprint density at radius 2 is 2.06 bits per heavy atom. The molecular formula is C15H22N2. The molecule has 2 nitrogen and oxygen atoms in total. The maximum atomic E-state index is 3.91. The molecule has 1 aliphatic heterocycles. The van der Waals surface area contributed by atoms with Crippen molar-refractivity contribution < 1.29 is 0 Å². The number of nitrogens with zero attached hydrogens (tertiary/aromatic N) is 1. The average molecular weight is 230 g/mol. The van der Waals surface area contributed by atoms with Gasteiger partial charge in [0.05, 0.1) is 0 Å². The molecule has 0 bridgehead atoms. The SMILES string of the molecule is C=CC[C@H](c1ccccc1C)N1CCNCC1. The minimum atomic E-state index is 0.496. The number of rotatable bonds is 4. The number of piperazine rings is 1. The van der Waals surface area contributed by atoms with Crippen LogP contribution in [0.15, 0.2) is 36.9 Å². The van der Waals surface area contributed by atoms with Crippen LogP contribution in [-0.4, -0.2) is 31.1 Å². The van der Waals surface area contributed by atoms with Crippen LogP contribution < -0.4 is 5.32 Å². The summed E-state index contributed by atoms with van der Waals surface area (Å²) >= 11 is 0. The molecule has 0 unspecified atom stereocenters. The average Bonchev–Trinajstić information content (AvgIpc) is 2.38. The van der Waals surface area contributed by atoms with Gasteiger partial charge in [-0.05, 0) is 24.5 Å². The molecular weight excluding hydrogens is 208 g/mol. The summed E-state index contributed by atoms with van der Waals surface area (Å²) in [5.74, 6) is 0. The lowest BCUT2D eigenvalue weighted by atomic mass is 9.97. The van der Waals surface area contributed by atoms with E-state index in [-0.39, 0.29) is 0 Å². The molecule has 1 aromatic carbocycles. The molecule has 0 saturated carbocycles. The summed E-state index contributed by atoms with van der Waals surface area (Å²) < 4.78 is 0. The van der Waals surface area contributed by atoms with E-state index in [1.807, 2.05) is 6.08 Å². The van der Waals surface area contributed by atoms with Crippen LogP contribution in [0.1, 0.15) is 23.6 Å². The molecule has 2 rings (SSSR count). The zero-order valence-electron chi connectivity index (χ0n) is 10.7. The van der Waals surface area contributed by atoms with Crippen LogP contribution in [0.2, 0.25) is 0 Å². The fraction of sp³-hybridized carbons (Fsp3) is 0.467. The topological polar surface area (TPSA) is 15.3 Å². The predicted molar refractivity (Wildman–Crippen MR) is 73.2 cm³/mol. The second kappa shape index (κ2) is 5.99. The van der Waals surface area contributed by atoms with E-state index in [2.05, 4.69) is 48.0 Å². The minimum absolute atomic E-state index is 0.496. The molecule has 0 aliphatic carbocycles. The summed E-state index contributed by atoms with van der Waals surface area (Å²) in [5, 5.41) is 3.41. The van der Waals surface area contributed by atoms with Crippen LogP contribution in [0.5, 0.6) is 0 Å². The van der Waals surface area contributed by atoms with Gasteiger partial charge in [0.25, 0.3) is 0 Å². The molecule has 1 heterocycles. The lowest BCUT2D eigenvalue weighted by molar-refractivity contribution is 0.174. The fourth-order valence-corrected chi connectivity index (χ4v) is 2.59. The Bertz CT molecular complexity index is 367. The Morgan fingerprint density at radius 1 is 1.35 bits per heavy atom. The fourth-order valence-electron chi connectivity index (χ4n) is 2.59. The summed E-state index contributed by atoms with van der Waals surface area (Å²) in [6, 6.07) is 9.21. The number of aryl methyl sites for hydroxylation is 1. The summed E-state index contributed by atoms with van der Waals surface area (Å²) in [4.78, 5) is 2.57. The molecule has 0 amide bonds. The van der Waals surface area contributed by atoms with Crippen LogP contribution in [0.4, 0.5) is 0 Å². The van der Waals surface area contributed by atoms with Crippen LogP contribution in [0.3, 0.4) is 0 Å². The summed E-state index contributed by atoms with van der Waals surface area (Å²) in [7, 11) is 0. The summed E-state index contributed by atoms with van der Waals surface area (Å²) in [6.07, 6.45) is 3.07.